The molecule has 1 aromatic carbocycles. The van der Waals surface area contributed by atoms with Crippen LogP contribution in [0.5, 0.6) is 0 Å². The second-order valence-corrected chi connectivity index (χ2v) is 7.09. The minimum absolute atomic E-state index is 0.362. The van der Waals surface area contributed by atoms with Crippen LogP contribution >= 0.6 is 22.7 Å². The average Bonchev–Trinajstić information content (AvgIpc) is 3.10. The van der Waals surface area contributed by atoms with Crippen molar-refractivity contribution in [3.63, 3.8) is 0 Å². The number of rotatable bonds is 5. The molecule has 3 aromatic rings. The highest BCUT2D eigenvalue weighted by Gasteiger charge is 2.15. The maximum Gasteiger partial charge on any atom is 0.0957 e. The van der Waals surface area contributed by atoms with Crippen LogP contribution in [-0.4, -0.2) is 12.0 Å². The second kappa shape index (κ2) is 6.04. The lowest BCUT2D eigenvalue weighted by atomic mass is 10.2. The molecule has 0 saturated heterocycles. The molecule has 1 N–H and O–H groups in total. The van der Waals surface area contributed by atoms with Crippen LogP contribution in [0, 0.1) is 0 Å². The number of thiophene rings is 1. The molecule has 0 aliphatic heterocycles. The van der Waals surface area contributed by atoms with Gasteiger partial charge >= 0.3 is 0 Å². The molecule has 2 aromatic heterocycles. The Labute approximate surface area is 127 Å². The molecule has 0 aliphatic carbocycles. The zero-order valence-corrected chi connectivity index (χ0v) is 13.4. The lowest BCUT2D eigenvalue weighted by molar-refractivity contribution is 0.601. The molecule has 1 atom stereocenters. The van der Waals surface area contributed by atoms with E-state index in [1.807, 2.05) is 24.5 Å². The third-order valence-electron chi connectivity index (χ3n) is 3.44. The lowest BCUT2D eigenvalue weighted by Gasteiger charge is -2.12. The van der Waals surface area contributed by atoms with Gasteiger partial charge in [0.15, 0.2) is 0 Å². The van der Waals surface area contributed by atoms with Gasteiger partial charge in [0.05, 0.1) is 15.2 Å². The van der Waals surface area contributed by atoms with Crippen LogP contribution in [0.15, 0.2) is 36.4 Å². The molecule has 0 spiro atoms. The minimum Gasteiger partial charge on any atom is -0.312 e. The summed E-state index contributed by atoms with van der Waals surface area (Å²) in [6, 6.07) is 13.2. The van der Waals surface area contributed by atoms with Gasteiger partial charge in [-0.2, -0.15) is 0 Å². The van der Waals surface area contributed by atoms with Crippen molar-refractivity contribution < 1.29 is 0 Å². The molecule has 1 unspecified atom stereocenters. The molecular formula is C16H18N2S2. The highest BCUT2D eigenvalue weighted by Crippen LogP contribution is 2.29. The molecule has 0 saturated carbocycles. The third kappa shape index (κ3) is 2.77. The first-order valence-corrected chi connectivity index (χ1v) is 8.53. The van der Waals surface area contributed by atoms with Gasteiger partial charge in [-0.15, -0.1) is 22.7 Å². The Balaban J connectivity index is 1.83. The number of nitrogens with one attached hydrogen (secondary N) is 1. The zero-order valence-electron chi connectivity index (χ0n) is 11.7. The Morgan fingerprint density at radius 2 is 2.00 bits per heavy atom. The van der Waals surface area contributed by atoms with E-state index in [-0.39, 0.29) is 0 Å². The van der Waals surface area contributed by atoms with Crippen molar-refractivity contribution in [3.8, 4) is 0 Å². The molecule has 104 valence electrons. The Morgan fingerprint density at radius 1 is 1.15 bits per heavy atom. The Morgan fingerprint density at radius 3 is 2.70 bits per heavy atom. The average molecular weight is 302 g/mol. The van der Waals surface area contributed by atoms with Gasteiger partial charge in [0.25, 0.3) is 0 Å². The van der Waals surface area contributed by atoms with E-state index >= 15 is 0 Å². The molecular weight excluding hydrogens is 284 g/mol. The molecule has 3 rings (SSSR count). The van der Waals surface area contributed by atoms with Gasteiger partial charge in [-0.25, -0.2) is 4.98 Å². The fourth-order valence-electron chi connectivity index (χ4n) is 2.30. The smallest absolute Gasteiger partial charge is 0.0957 e. The SMILES string of the molecule is CCc1ccc(C(Cc2nc3ccccc3s2)NC)s1. The number of aromatic nitrogens is 1. The van der Waals surface area contributed by atoms with Crippen molar-refractivity contribution in [2.75, 3.05) is 7.05 Å². The summed E-state index contributed by atoms with van der Waals surface area (Å²) in [5.74, 6) is 0. The second-order valence-electron chi connectivity index (χ2n) is 4.78. The highest BCUT2D eigenvalue weighted by molar-refractivity contribution is 7.18. The van der Waals surface area contributed by atoms with Gasteiger partial charge in [0, 0.05) is 22.2 Å². The molecule has 0 bridgehead atoms. The fraction of sp³-hybridized carbons (Fsp3) is 0.312. The van der Waals surface area contributed by atoms with Crippen LogP contribution in [-0.2, 0) is 12.8 Å². The summed E-state index contributed by atoms with van der Waals surface area (Å²) in [4.78, 5) is 7.59. The van der Waals surface area contributed by atoms with Crippen molar-refractivity contribution in [2.24, 2.45) is 0 Å². The van der Waals surface area contributed by atoms with Gasteiger partial charge < -0.3 is 5.32 Å². The summed E-state index contributed by atoms with van der Waals surface area (Å²) < 4.78 is 1.28. The molecule has 0 radical (unpaired) electrons. The van der Waals surface area contributed by atoms with E-state index < -0.39 is 0 Å². The van der Waals surface area contributed by atoms with Gasteiger partial charge in [-0.1, -0.05) is 19.1 Å². The molecule has 4 heteroatoms. The number of fused-ring (bicyclic) bond motifs is 1. The summed E-state index contributed by atoms with van der Waals surface area (Å²) in [7, 11) is 2.03. The molecule has 0 fully saturated rings. The Hall–Kier alpha value is -1.23. The van der Waals surface area contributed by atoms with Crippen molar-refractivity contribution in [2.45, 2.75) is 25.8 Å². The van der Waals surface area contributed by atoms with Crippen LogP contribution in [0.1, 0.15) is 27.7 Å². The van der Waals surface area contributed by atoms with Crippen molar-refractivity contribution in [1.29, 1.82) is 0 Å². The highest BCUT2D eigenvalue weighted by atomic mass is 32.1. The Bertz CT molecular complexity index is 666. The summed E-state index contributed by atoms with van der Waals surface area (Å²) in [6.07, 6.45) is 2.07. The first-order chi connectivity index (χ1) is 9.80. The standard InChI is InChI=1S/C16H18N2S2/c1-3-11-8-9-15(19-11)13(17-2)10-16-18-12-6-4-5-7-14(12)20-16/h4-9,13,17H,3,10H2,1-2H3. The number of hydrogen-bond acceptors (Lipinski definition) is 4. The zero-order chi connectivity index (χ0) is 13.9. The Kier molecular flexibility index (Phi) is 4.15. The normalized spacial score (nSPS) is 12.9. The molecule has 0 amide bonds. The van der Waals surface area contributed by atoms with E-state index in [0.29, 0.717) is 6.04 Å². The summed E-state index contributed by atoms with van der Waals surface area (Å²) in [5.41, 5.74) is 1.11. The van der Waals surface area contributed by atoms with Crippen LogP contribution in [0.4, 0.5) is 0 Å². The molecule has 20 heavy (non-hydrogen) atoms. The van der Waals surface area contributed by atoms with Crippen molar-refractivity contribution >= 4 is 32.9 Å². The topological polar surface area (TPSA) is 24.9 Å². The van der Waals surface area contributed by atoms with Crippen LogP contribution in [0.3, 0.4) is 0 Å². The number of nitrogens with zero attached hydrogens (tertiary/aromatic N) is 1. The van der Waals surface area contributed by atoms with Gasteiger partial charge in [-0.05, 0) is 37.7 Å². The third-order valence-corrected chi connectivity index (χ3v) is 5.84. The summed E-state index contributed by atoms with van der Waals surface area (Å²) in [5, 5.41) is 4.63. The monoisotopic (exact) mass is 302 g/mol. The first-order valence-electron chi connectivity index (χ1n) is 6.90. The van der Waals surface area contributed by atoms with E-state index in [4.69, 9.17) is 4.98 Å². The number of benzene rings is 1. The maximum absolute atomic E-state index is 4.74. The lowest BCUT2D eigenvalue weighted by Crippen LogP contribution is -2.17. The van der Waals surface area contributed by atoms with Crippen molar-refractivity contribution in [3.05, 3.63) is 51.2 Å². The number of likely N-dealkylation sites (N-methyl/N-ethyl adjacent to an activating group) is 1. The molecule has 2 nitrogen and oxygen atoms in total. The quantitative estimate of drug-likeness (QED) is 0.754. The number of hydrogen-bond donors (Lipinski definition) is 1. The van der Waals surface area contributed by atoms with E-state index in [2.05, 4.69) is 42.6 Å². The maximum atomic E-state index is 4.74. The van der Waals surface area contributed by atoms with Crippen LogP contribution < -0.4 is 5.32 Å². The van der Waals surface area contributed by atoms with Crippen molar-refractivity contribution in [1.82, 2.24) is 10.3 Å². The van der Waals surface area contributed by atoms with E-state index in [1.165, 1.54) is 19.5 Å². The van der Waals surface area contributed by atoms with E-state index in [0.717, 1.165) is 18.4 Å². The summed E-state index contributed by atoms with van der Waals surface area (Å²) in [6.45, 7) is 2.21. The fourth-order valence-corrected chi connectivity index (χ4v) is 4.37. The number of aryl methyl sites for hydroxylation is 1. The predicted octanol–water partition coefficient (Wildman–Crippen LogP) is 4.42. The summed E-state index contributed by atoms with van der Waals surface area (Å²) >= 11 is 3.71. The van der Waals surface area contributed by atoms with Gasteiger partial charge in [0.1, 0.15) is 0 Å². The van der Waals surface area contributed by atoms with Gasteiger partial charge in [-0.3, -0.25) is 0 Å². The largest absolute Gasteiger partial charge is 0.312 e. The van der Waals surface area contributed by atoms with Gasteiger partial charge in [0.2, 0.25) is 0 Å². The van der Waals surface area contributed by atoms with Crippen LogP contribution in [0.2, 0.25) is 0 Å². The number of para-hydroxylation sites is 1. The molecule has 0 aliphatic rings. The molecule has 2 heterocycles. The minimum atomic E-state index is 0.362. The van der Waals surface area contributed by atoms with Crippen LogP contribution in [0.25, 0.3) is 10.2 Å². The first kappa shape index (κ1) is 13.7. The van der Waals surface area contributed by atoms with E-state index in [9.17, 15) is 0 Å². The predicted molar refractivity (Wildman–Crippen MR) is 88.8 cm³/mol. The van der Waals surface area contributed by atoms with E-state index in [1.54, 1.807) is 11.3 Å². The number of thiazole rings is 1.